The molecule has 148 valence electrons. The van der Waals surface area contributed by atoms with Gasteiger partial charge in [0.15, 0.2) is 0 Å². The topological polar surface area (TPSA) is 9.72 Å². The smallest absolute Gasteiger partial charge is 0.290 e. The monoisotopic (exact) mass is 359 g/mol. The highest BCUT2D eigenvalue weighted by Gasteiger charge is 2.36. The molecule has 0 amide bonds. The first-order valence-electron chi connectivity index (χ1n) is 11.7. The first kappa shape index (κ1) is 24.1. The van der Waals surface area contributed by atoms with Crippen molar-refractivity contribution in [3.05, 3.63) is 0 Å². The molecule has 1 aliphatic rings. The fourth-order valence-corrected chi connectivity index (χ4v) is 3.92. The van der Waals surface area contributed by atoms with Crippen LogP contribution in [0.5, 0.6) is 0 Å². The molecule has 3 nitrogen and oxygen atoms in total. The van der Waals surface area contributed by atoms with Crippen molar-refractivity contribution in [2.45, 2.75) is 111 Å². The Hall–Kier alpha value is 0.0748. The summed E-state index contributed by atoms with van der Waals surface area (Å²) in [4.78, 5) is 0. The zero-order valence-electron chi connectivity index (χ0n) is 18.4. The molecular weight excluding hydrogens is 315 g/mol. The second-order valence-corrected chi connectivity index (χ2v) is 8.02. The molecule has 0 aromatic heterocycles. The average molecular weight is 359 g/mol. The van der Waals surface area contributed by atoms with Gasteiger partial charge in [0.05, 0.1) is 0 Å². The summed E-state index contributed by atoms with van der Waals surface area (Å²) < 4.78 is 7.74. The Labute approximate surface area is 167 Å². The van der Waals surface area contributed by atoms with Crippen molar-refractivity contribution in [2.75, 3.05) is 19.6 Å². The van der Waals surface area contributed by atoms with E-state index in [1.54, 1.807) is 0 Å². The largest absolute Gasteiger partial charge is 0.365 e. The predicted octanol–water partition coefficient (Wildman–Crippen LogP) is 5.22. The van der Waals surface area contributed by atoms with Crippen molar-refractivity contribution < 1.29 is 0 Å². The van der Waals surface area contributed by atoms with E-state index in [0.717, 1.165) is 0 Å². The van der Waals surface area contributed by atoms with Crippen molar-refractivity contribution in [1.29, 1.82) is 0 Å². The molecule has 26 heavy (non-hydrogen) atoms. The third kappa shape index (κ3) is 9.85. The van der Waals surface area contributed by atoms with Gasteiger partial charge in [-0.1, -0.05) is 85.5 Å². The van der Waals surface area contributed by atoms with Crippen molar-refractivity contribution >= 4 is 22.1 Å². The van der Waals surface area contributed by atoms with Gasteiger partial charge in [-0.15, -0.1) is 0 Å². The number of rotatable bonds is 16. The van der Waals surface area contributed by atoms with Gasteiger partial charge in [0.2, 0.25) is 0 Å². The van der Waals surface area contributed by atoms with Gasteiger partial charge in [0.25, 0.3) is 22.1 Å². The van der Waals surface area contributed by atoms with E-state index >= 15 is 0 Å². The van der Waals surface area contributed by atoms with Crippen LogP contribution in [0.2, 0.25) is 6.32 Å². The van der Waals surface area contributed by atoms with Gasteiger partial charge in [-0.3, -0.25) is 0 Å². The minimum absolute atomic E-state index is 0.560. The lowest BCUT2D eigenvalue weighted by Gasteiger charge is -2.46. The zero-order valence-corrected chi connectivity index (χ0v) is 18.4. The molecule has 1 fully saturated rings. The van der Waals surface area contributed by atoms with Gasteiger partial charge in [0.1, 0.15) is 0 Å². The molecule has 6 heteroatoms. The van der Waals surface area contributed by atoms with E-state index in [0.29, 0.717) is 6.98 Å². The molecular formula is C20H44B3N3. The summed E-state index contributed by atoms with van der Waals surface area (Å²) in [5.41, 5.74) is 0. The molecule has 0 bridgehead atoms. The van der Waals surface area contributed by atoms with E-state index in [4.69, 9.17) is 0 Å². The number of nitrogens with zero attached hydrogens (tertiary/aromatic N) is 3. The summed E-state index contributed by atoms with van der Waals surface area (Å²) in [6.07, 6.45) is 17.3. The number of hydrogen-bond donors (Lipinski definition) is 0. The highest BCUT2D eigenvalue weighted by molar-refractivity contribution is 6.74. The predicted molar refractivity (Wildman–Crippen MR) is 120 cm³/mol. The quantitative estimate of drug-likeness (QED) is 0.276. The third-order valence-electron chi connectivity index (χ3n) is 5.53. The van der Waals surface area contributed by atoms with Gasteiger partial charge in [0, 0.05) is 0 Å². The molecule has 0 N–H and O–H groups in total. The normalized spacial score (nSPS) is 16.7. The Morgan fingerprint density at radius 2 is 0.962 bits per heavy atom. The van der Waals surface area contributed by atoms with E-state index in [9.17, 15) is 0 Å². The molecule has 2 radical (unpaired) electrons. The maximum Gasteiger partial charge on any atom is 0.290 e. The van der Waals surface area contributed by atoms with Crippen LogP contribution in [0.1, 0.15) is 105 Å². The molecule has 0 atom stereocenters. The van der Waals surface area contributed by atoms with E-state index < -0.39 is 0 Å². The summed E-state index contributed by atoms with van der Waals surface area (Å²) in [6.45, 7) is 13.4. The molecule has 0 aliphatic carbocycles. The highest BCUT2D eigenvalue weighted by Crippen LogP contribution is 2.16. The van der Waals surface area contributed by atoms with Gasteiger partial charge < -0.3 is 14.2 Å². The van der Waals surface area contributed by atoms with Crippen molar-refractivity contribution in [1.82, 2.24) is 14.2 Å². The van der Waals surface area contributed by atoms with Gasteiger partial charge in [-0.25, -0.2) is 0 Å². The second-order valence-electron chi connectivity index (χ2n) is 8.02. The van der Waals surface area contributed by atoms with Crippen LogP contribution in [0.4, 0.5) is 0 Å². The zero-order chi connectivity index (χ0) is 19.0. The van der Waals surface area contributed by atoms with Crippen LogP contribution < -0.4 is 0 Å². The van der Waals surface area contributed by atoms with E-state index in [1.165, 1.54) is 103 Å². The van der Waals surface area contributed by atoms with Crippen LogP contribution >= 0.6 is 0 Å². The lowest BCUT2D eigenvalue weighted by atomic mass is 9.56. The molecule has 1 saturated heterocycles. The van der Waals surface area contributed by atoms with E-state index in [1.807, 2.05) is 0 Å². The number of unbranched alkanes of at least 4 members (excludes halogenated alkanes) is 9. The standard InChI is InChI=1S/C20H44B3N3/c1-5-9-12-15-18-24-21-25(19-16-13-10-6-2)23(8-4)26(22-24)20-17-14-11-7-3/h5-20H2,1-4H3. The van der Waals surface area contributed by atoms with Crippen molar-refractivity contribution in [3.63, 3.8) is 0 Å². The molecule has 0 aromatic carbocycles. The Morgan fingerprint density at radius 3 is 1.35 bits per heavy atom. The Morgan fingerprint density at radius 1 is 0.538 bits per heavy atom. The lowest BCUT2D eigenvalue weighted by molar-refractivity contribution is 0.429. The van der Waals surface area contributed by atoms with Crippen LogP contribution in [0.3, 0.4) is 0 Å². The summed E-state index contributed by atoms with van der Waals surface area (Å²) in [6, 6.07) is 0. The van der Waals surface area contributed by atoms with Crippen LogP contribution in [0.15, 0.2) is 0 Å². The fraction of sp³-hybridized carbons (Fsp3) is 1.00. The van der Waals surface area contributed by atoms with Crippen LogP contribution in [-0.4, -0.2) is 55.9 Å². The van der Waals surface area contributed by atoms with Gasteiger partial charge in [-0.05, 0) is 45.2 Å². The van der Waals surface area contributed by atoms with Crippen molar-refractivity contribution in [3.8, 4) is 0 Å². The Kier molecular flexibility index (Phi) is 14.9. The summed E-state index contributed by atoms with van der Waals surface area (Å²) in [5.74, 6) is 0. The summed E-state index contributed by atoms with van der Waals surface area (Å²) in [5, 5.41) is 0. The second kappa shape index (κ2) is 16.1. The fourth-order valence-electron chi connectivity index (χ4n) is 3.92. The van der Waals surface area contributed by atoms with Crippen LogP contribution in [0, 0.1) is 0 Å². The first-order chi connectivity index (χ1) is 12.8. The molecule has 1 heterocycles. The van der Waals surface area contributed by atoms with Gasteiger partial charge >= 0.3 is 0 Å². The van der Waals surface area contributed by atoms with E-state index in [-0.39, 0.29) is 0 Å². The van der Waals surface area contributed by atoms with Gasteiger partial charge in [-0.2, -0.15) is 0 Å². The van der Waals surface area contributed by atoms with Crippen LogP contribution in [-0.2, 0) is 0 Å². The lowest BCUT2D eigenvalue weighted by Crippen LogP contribution is -2.67. The maximum absolute atomic E-state index is 2.63. The molecule has 0 aromatic rings. The SMILES string of the molecule is CCCCCCN1[B]N(CCCCCC)B(CC)N(CCCCCC)[B]1. The number of hydrogen-bond acceptors (Lipinski definition) is 3. The summed E-state index contributed by atoms with van der Waals surface area (Å²) >= 11 is 0. The van der Waals surface area contributed by atoms with E-state index in [2.05, 4.69) is 57.0 Å². The van der Waals surface area contributed by atoms with Crippen LogP contribution in [0.25, 0.3) is 0 Å². The Bertz CT molecular complexity index is 299. The molecule has 1 rings (SSSR count). The average Bonchev–Trinajstić information content (AvgIpc) is 2.66. The minimum Gasteiger partial charge on any atom is -0.365 e. The molecule has 0 saturated carbocycles. The Balaban J connectivity index is 2.55. The minimum atomic E-state index is 0.560. The first-order valence-corrected chi connectivity index (χ1v) is 11.7. The maximum atomic E-state index is 2.63. The molecule has 1 aliphatic heterocycles. The summed E-state index contributed by atoms with van der Waals surface area (Å²) in [7, 11) is 4.85. The molecule has 0 spiro atoms. The highest BCUT2D eigenvalue weighted by atomic mass is 15.3. The van der Waals surface area contributed by atoms with Crippen molar-refractivity contribution in [2.24, 2.45) is 0 Å². The third-order valence-corrected chi connectivity index (χ3v) is 5.53. The molecule has 0 unspecified atom stereocenters.